The minimum Gasteiger partial charge on any atom is -0.310 e. The van der Waals surface area contributed by atoms with Gasteiger partial charge in [0.15, 0.2) is 0 Å². The zero-order valence-corrected chi connectivity index (χ0v) is 60.3. The summed E-state index contributed by atoms with van der Waals surface area (Å²) in [5.41, 5.74) is 29.9. The van der Waals surface area contributed by atoms with Gasteiger partial charge in [0, 0.05) is 33.5 Å². The Morgan fingerprint density at radius 3 is 1.03 bits per heavy atom. The fourth-order valence-corrected chi connectivity index (χ4v) is 16.3. The molecule has 484 valence electrons. The number of nitrogens with zero attached hydrogens (tertiary/aromatic N) is 2. The van der Waals surface area contributed by atoms with Crippen molar-refractivity contribution >= 4 is 69.0 Å². The minimum atomic E-state index is -0.841. The predicted molar refractivity (Wildman–Crippen MR) is 423 cm³/mol. The molecule has 0 aliphatic heterocycles. The van der Waals surface area contributed by atoms with Crippen LogP contribution in [0.25, 0.3) is 43.8 Å². The van der Waals surface area contributed by atoms with Crippen LogP contribution in [0.4, 0.5) is 34.1 Å². The summed E-state index contributed by atoms with van der Waals surface area (Å²) in [5, 5.41) is 4.86. The Hall–Kier alpha value is -9.96. The first kappa shape index (κ1) is 64.1. The molecule has 3 heteroatoms. The molecule has 0 heterocycles. The maximum Gasteiger partial charge on any atom is 0.139 e. The molecule has 2 aliphatic carbocycles. The molecule has 0 N–H and O–H groups in total. The fraction of sp³-hybridized carbons (Fsp3) is 0.221. The van der Waals surface area contributed by atoms with Crippen LogP contribution in [0, 0.1) is 20.8 Å². The van der Waals surface area contributed by atoms with Crippen LogP contribution in [0.2, 0.25) is 0 Å². The zero-order valence-electron chi connectivity index (χ0n) is 60.3. The Morgan fingerprint density at radius 1 is 0.276 bits per heavy atom. The van der Waals surface area contributed by atoms with E-state index in [1.54, 1.807) is 0 Å². The number of benzene rings is 13. The third-order valence-corrected chi connectivity index (χ3v) is 21.8. The van der Waals surface area contributed by atoms with E-state index in [0.717, 1.165) is 34.1 Å². The van der Waals surface area contributed by atoms with E-state index in [0.29, 0.717) is 0 Å². The molecule has 15 rings (SSSR count). The van der Waals surface area contributed by atoms with Crippen molar-refractivity contribution in [2.45, 2.75) is 136 Å². The molecule has 0 unspecified atom stereocenters. The van der Waals surface area contributed by atoms with Crippen LogP contribution in [-0.2, 0) is 32.5 Å². The topological polar surface area (TPSA) is 6.48 Å². The lowest BCUT2D eigenvalue weighted by Gasteiger charge is -2.44. The molecule has 13 aromatic carbocycles. The molecule has 0 radical (unpaired) electrons. The van der Waals surface area contributed by atoms with Crippen LogP contribution in [0.3, 0.4) is 0 Å². The van der Waals surface area contributed by atoms with Crippen LogP contribution in [-0.4, -0.2) is 7.85 Å². The third kappa shape index (κ3) is 10.4. The van der Waals surface area contributed by atoms with E-state index in [9.17, 15) is 0 Å². The molecule has 0 saturated carbocycles. The summed E-state index contributed by atoms with van der Waals surface area (Å²) < 4.78 is 0. The lowest BCUT2D eigenvalue weighted by atomic mass is 9.58. The van der Waals surface area contributed by atoms with Gasteiger partial charge in [0.1, 0.15) is 7.85 Å². The summed E-state index contributed by atoms with van der Waals surface area (Å²) >= 11 is 0. The van der Waals surface area contributed by atoms with Crippen molar-refractivity contribution in [2.75, 3.05) is 9.80 Å². The average molecular weight is 1270 g/mol. The molecule has 0 bridgehead atoms. The van der Waals surface area contributed by atoms with E-state index in [-0.39, 0.29) is 21.7 Å². The Bertz CT molecular complexity index is 5000. The van der Waals surface area contributed by atoms with Gasteiger partial charge < -0.3 is 9.80 Å². The first-order chi connectivity index (χ1) is 46.7. The van der Waals surface area contributed by atoms with Gasteiger partial charge >= 0.3 is 0 Å². The van der Waals surface area contributed by atoms with Crippen LogP contribution in [0.1, 0.15) is 167 Å². The largest absolute Gasteiger partial charge is 0.310 e. The van der Waals surface area contributed by atoms with Gasteiger partial charge in [-0.2, -0.15) is 0 Å². The maximum absolute atomic E-state index is 2.71. The van der Waals surface area contributed by atoms with Crippen molar-refractivity contribution in [3.8, 4) is 22.3 Å². The first-order valence-electron chi connectivity index (χ1n) is 35.4. The van der Waals surface area contributed by atoms with E-state index < -0.39 is 10.8 Å². The second-order valence-corrected chi connectivity index (χ2v) is 32.5. The smallest absolute Gasteiger partial charge is 0.139 e. The average Bonchev–Trinajstić information content (AvgIpc) is 1.37. The van der Waals surface area contributed by atoms with E-state index >= 15 is 0 Å². The quantitative estimate of drug-likeness (QED) is 0.126. The molecule has 2 nitrogen and oxygen atoms in total. The Kier molecular flexibility index (Phi) is 15.3. The van der Waals surface area contributed by atoms with Crippen molar-refractivity contribution < 1.29 is 0 Å². The number of aryl methyl sites for hydroxylation is 3. The normalized spacial score (nSPS) is 13.9. The summed E-state index contributed by atoms with van der Waals surface area (Å²) in [5.74, 6) is 0. The lowest BCUT2D eigenvalue weighted by Crippen LogP contribution is -2.35. The highest BCUT2D eigenvalue weighted by Gasteiger charge is 2.52. The molecular formula is C95H91BN2. The van der Waals surface area contributed by atoms with Gasteiger partial charge in [-0.15, -0.1) is 0 Å². The van der Waals surface area contributed by atoms with Gasteiger partial charge in [-0.1, -0.05) is 299 Å². The molecule has 0 atom stereocenters. The van der Waals surface area contributed by atoms with Crippen molar-refractivity contribution in [1.29, 1.82) is 0 Å². The Labute approximate surface area is 584 Å². The van der Waals surface area contributed by atoms with Gasteiger partial charge in [-0.25, -0.2) is 0 Å². The van der Waals surface area contributed by atoms with Crippen molar-refractivity contribution in [2.24, 2.45) is 0 Å². The number of fused-ring (bicyclic) bond motifs is 7. The predicted octanol–water partition coefficient (Wildman–Crippen LogP) is 24.0. The summed E-state index contributed by atoms with van der Waals surface area (Å²) in [7, 11) is 2.19. The second kappa shape index (κ2) is 23.4. The number of hydrogen-bond donors (Lipinski definition) is 0. The van der Waals surface area contributed by atoms with E-state index in [2.05, 4.69) is 388 Å². The van der Waals surface area contributed by atoms with Gasteiger partial charge in [0.2, 0.25) is 0 Å². The molecule has 0 saturated heterocycles. The summed E-state index contributed by atoms with van der Waals surface area (Å²) in [6, 6.07) is 105. The van der Waals surface area contributed by atoms with Gasteiger partial charge in [0.05, 0.1) is 22.2 Å². The van der Waals surface area contributed by atoms with E-state index in [1.807, 2.05) is 0 Å². The molecule has 2 aliphatic rings. The summed E-state index contributed by atoms with van der Waals surface area (Å²) in [6.45, 7) is 34.6. The third-order valence-electron chi connectivity index (χ3n) is 21.8. The summed E-state index contributed by atoms with van der Waals surface area (Å²) in [4.78, 5) is 5.01. The van der Waals surface area contributed by atoms with E-state index in [4.69, 9.17) is 0 Å². The SMILES string of the molecule is Bc1ccc(N(c2ccc(C)cc2)c2cc3c(c4ccccc24)-c2cc4c(cc2C3(c2ccc(C(C)(C)C)cc2)c2ccc(C(C)(C)C)cc2)-c2ccc(N(c3ccc(C)cc3)c3ccc(C)cc3)c3cccc(c23)C4(c2ccc(C(C)(C)C)cc2)c2ccc(C(C)(C)C)cc2)cc1. The molecule has 0 amide bonds. The monoisotopic (exact) mass is 1270 g/mol. The molecule has 0 aromatic heterocycles. The molecule has 0 fully saturated rings. The molecule has 13 aromatic rings. The number of hydrogen-bond acceptors (Lipinski definition) is 2. The highest BCUT2D eigenvalue weighted by Crippen LogP contribution is 2.65. The second-order valence-electron chi connectivity index (χ2n) is 32.5. The fourth-order valence-electron chi connectivity index (χ4n) is 16.3. The van der Waals surface area contributed by atoms with Crippen LogP contribution in [0.5, 0.6) is 0 Å². The van der Waals surface area contributed by atoms with Crippen molar-refractivity contribution in [3.63, 3.8) is 0 Å². The Morgan fingerprint density at radius 2 is 0.622 bits per heavy atom. The molecule has 0 spiro atoms. The zero-order chi connectivity index (χ0) is 68.6. The lowest BCUT2D eigenvalue weighted by molar-refractivity contribution is 0.588. The van der Waals surface area contributed by atoms with Gasteiger partial charge in [-0.3, -0.25) is 0 Å². The Balaban J connectivity index is 1.15. The number of rotatable bonds is 10. The minimum absolute atomic E-state index is 0.0696. The standard InChI is InChI=1S/C95H91BN2/c1-60-23-47-72(48-24-60)97(73-49-25-61(2)26-50-73)86-56-55-78-80-57-84-81(58-83(80)94(82-22-18-21-79(86)88(78)82,67-37-29-63(30-38-67)90(4,5)6)68-39-31-64(32-40-68)91(7,8)9)89-77-20-17-16-19-76(77)87(98(74-51-27-62(3)28-52-74)75-53-45-71(96)46-54-75)59-85(89)95(84,69-41-33-65(34-42-69)92(10,11)12)70-43-35-66(36-44-70)93(13,14)15/h16-59H,96H2,1-15H3. The maximum atomic E-state index is 2.71. The number of anilines is 6. The van der Waals surface area contributed by atoms with Gasteiger partial charge in [0.25, 0.3) is 0 Å². The first-order valence-corrected chi connectivity index (χ1v) is 35.4. The van der Waals surface area contributed by atoms with E-state index in [1.165, 1.54) is 133 Å². The highest BCUT2D eigenvalue weighted by atomic mass is 15.1. The van der Waals surface area contributed by atoms with Crippen LogP contribution in [0.15, 0.2) is 267 Å². The summed E-state index contributed by atoms with van der Waals surface area (Å²) in [6.07, 6.45) is 0. The van der Waals surface area contributed by atoms with Crippen molar-refractivity contribution in [1.82, 2.24) is 0 Å². The van der Waals surface area contributed by atoms with Crippen molar-refractivity contribution in [3.05, 3.63) is 350 Å². The molecular weight excluding hydrogens is 1180 g/mol. The molecule has 98 heavy (non-hydrogen) atoms. The highest BCUT2D eigenvalue weighted by molar-refractivity contribution is 6.32. The van der Waals surface area contributed by atoms with Gasteiger partial charge in [-0.05, 0) is 215 Å². The van der Waals surface area contributed by atoms with Crippen LogP contribution < -0.4 is 15.3 Å². The van der Waals surface area contributed by atoms with Crippen LogP contribution >= 0.6 is 0 Å².